The van der Waals surface area contributed by atoms with Gasteiger partial charge in [0.2, 0.25) is 10.0 Å². The average Bonchev–Trinajstić information content (AvgIpc) is 3.17. The molecule has 10 heteroatoms. The molecule has 4 rings (SSSR count). The Bertz CT molecular complexity index is 911. The van der Waals surface area contributed by atoms with Gasteiger partial charge >= 0.3 is 6.18 Å². The summed E-state index contributed by atoms with van der Waals surface area (Å²) < 4.78 is 66.3. The Morgan fingerprint density at radius 2 is 1.81 bits per heavy atom. The van der Waals surface area contributed by atoms with Crippen molar-refractivity contribution in [2.24, 2.45) is 17.8 Å². The SMILES string of the molecule is N#Cc1ccc(N2C[C@H]3[C@@H]4C[C@@H]([C@@H](O)[C@H]4O)[C@@H]3S2(=O)=O)cc1C(F)(F)F. The van der Waals surface area contributed by atoms with Crippen LogP contribution < -0.4 is 4.31 Å². The van der Waals surface area contributed by atoms with Gasteiger partial charge in [-0.15, -0.1) is 0 Å². The van der Waals surface area contributed by atoms with Crippen LogP contribution in [0.15, 0.2) is 18.2 Å². The van der Waals surface area contributed by atoms with Gasteiger partial charge in [-0.2, -0.15) is 18.4 Å². The Morgan fingerprint density at radius 1 is 1.15 bits per heavy atom. The summed E-state index contributed by atoms with van der Waals surface area (Å²) >= 11 is 0. The van der Waals surface area contributed by atoms with Gasteiger partial charge in [0.1, 0.15) is 0 Å². The molecule has 1 aromatic carbocycles. The molecule has 1 saturated heterocycles. The predicted molar refractivity (Wildman–Crippen MR) is 83.3 cm³/mol. The number of halogens is 3. The Hall–Kier alpha value is -1.83. The van der Waals surface area contributed by atoms with E-state index in [0.29, 0.717) is 12.5 Å². The monoisotopic (exact) mass is 388 g/mol. The summed E-state index contributed by atoms with van der Waals surface area (Å²) in [6.45, 7) is -0.0405. The molecular formula is C16H15F3N2O4S. The second-order valence-corrected chi connectivity index (χ2v) is 9.10. The van der Waals surface area contributed by atoms with E-state index in [4.69, 9.17) is 5.26 Å². The number of fused-ring (bicyclic) bond motifs is 5. The molecule has 6 nitrogen and oxygen atoms in total. The molecule has 6 atom stereocenters. The van der Waals surface area contributed by atoms with Gasteiger partial charge in [0.25, 0.3) is 0 Å². The maximum Gasteiger partial charge on any atom is 0.417 e. The highest BCUT2D eigenvalue weighted by atomic mass is 32.2. The number of nitrogens with zero attached hydrogens (tertiary/aromatic N) is 2. The fourth-order valence-corrected chi connectivity index (χ4v) is 7.34. The molecule has 0 aromatic heterocycles. The lowest BCUT2D eigenvalue weighted by atomic mass is 9.84. The molecule has 0 unspecified atom stereocenters. The Morgan fingerprint density at radius 3 is 2.42 bits per heavy atom. The summed E-state index contributed by atoms with van der Waals surface area (Å²) in [6.07, 6.45) is -6.54. The molecule has 2 aliphatic carbocycles. The van der Waals surface area contributed by atoms with E-state index in [9.17, 15) is 31.8 Å². The zero-order chi connectivity index (χ0) is 19.0. The van der Waals surface area contributed by atoms with Gasteiger partial charge in [0, 0.05) is 18.4 Å². The Kier molecular flexibility index (Phi) is 3.61. The minimum Gasteiger partial charge on any atom is -0.390 e. The van der Waals surface area contributed by atoms with Crippen molar-refractivity contribution >= 4 is 15.7 Å². The number of aliphatic hydroxyl groups is 2. The van der Waals surface area contributed by atoms with E-state index >= 15 is 0 Å². The number of sulfonamides is 1. The fraction of sp³-hybridized carbons (Fsp3) is 0.562. The Balaban J connectivity index is 1.76. The Labute approximate surface area is 147 Å². The van der Waals surface area contributed by atoms with Crippen LogP contribution in [-0.4, -0.2) is 42.6 Å². The van der Waals surface area contributed by atoms with Gasteiger partial charge in [0.05, 0.1) is 40.3 Å². The second kappa shape index (κ2) is 5.34. The third-order valence-electron chi connectivity index (χ3n) is 5.91. The number of alkyl halides is 3. The van der Waals surface area contributed by atoms with Gasteiger partial charge in [-0.05, 0) is 30.5 Å². The van der Waals surface area contributed by atoms with Crippen molar-refractivity contribution in [2.45, 2.75) is 30.1 Å². The smallest absolute Gasteiger partial charge is 0.390 e. The summed E-state index contributed by atoms with van der Waals surface area (Å²) in [5.41, 5.74) is -1.93. The first-order chi connectivity index (χ1) is 12.1. The van der Waals surface area contributed by atoms with E-state index in [0.717, 1.165) is 10.4 Å². The van der Waals surface area contributed by atoms with Crippen molar-refractivity contribution in [1.29, 1.82) is 5.26 Å². The van der Waals surface area contributed by atoms with Gasteiger partial charge in [-0.3, -0.25) is 4.31 Å². The molecule has 3 fully saturated rings. The van der Waals surface area contributed by atoms with Crippen molar-refractivity contribution in [3.8, 4) is 6.07 Å². The molecule has 1 aromatic rings. The third-order valence-corrected chi connectivity index (χ3v) is 8.27. The molecule has 1 heterocycles. The quantitative estimate of drug-likeness (QED) is 0.750. The summed E-state index contributed by atoms with van der Waals surface area (Å²) in [4.78, 5) is 0. The van der Waals surface area contributed by atoms with E-state index in [1.165, 1.54) is 12.1 Å². The number of hydrogen-bond donors (Lipinski definition) is 2. The number of benzene rings is 1. The lowest BCUT2D eigenvalue weighted by Crippen LogP contribution is -2.45. The summed E-state index contributed by atoms with van der Waals surface area (Å²) in [5.74, 6) is -1.44. The molecule has 3 aliphatic rings. The van der Waals surface area contributed by atoms with E-state index in [-0.39, 0.29) is 18.2 Å². The largest absolute Gasteiger partial charge is 0.417 e. The van der Waals surface area contributed by atoms with Gasteiger partial charge in [-0.25, -0.2) is 8.42 Å². The van der Waals surface area contributed by atoms with Crippen LogP contribution in [0, 0.1) is 29.1 Å². The number of aliphatic hydroxyl groups excluding tert-OH is 2. The first-order valence-corrected chi connectivity index (χ1v) is 9.56. The first kappa shape index (κ1) is 17.6. The van der Waals surface area contributed by atoms with Gasteiger partial charge in [-0.1, -0.05) is 0 Å². The molecule has 1 aliphatic heterocycles. The van der Waals surface area contributed by atoms with E-state index < -0.39 is 56.6 Å². The van der Waals surface area contributed by atoms with Crippen molar-refractivity contribution in [3.63, 3.8) is 0 Å². The highest BCUT2D eigenvalue weighted by Crippen LogP contribution is 2.56. The zero-order valence-electron chi connectivity index (χ0n) is 13.3. The van der Waals surface area contributed by atoms with Crippen LogP contribution in [0.25, 0.3) is 0 Å². The lowest BCUT2D eigenvalue weighted by molar-refractivity contribution is -0.137. The molecule has 0 spiro atoms. The molecule has 0 radical (unpaired) electrons. The van der Waals surface area contributed by atoms with Crippen molar-refractivity contribution in [2.75, 3.05) is 10.8 Å². The minimum atomic E-state index is -4.79. The van der Waals surface area contributed by atoms with Gasteiger partial charge in [0.15, 0.2) is 0 Å². The maximum absolute atomic E-state index is 13.2. The second-order valence-electron chi connectivity index (χ2n) is 7.09. The predicted octanol–water partition coefficient (Wildman–Crippen LogP) is 1.08. The van der Waals surface area contributed by atoms with E-state index in [1.54, 1.807) is 0 Å². The van der Waals surface area contributed by atoms with Crippen LogP contribution in [0.2, 0.25) is 0 Å². The van der Waals surface area contributed by atoms with Crippen LogP contribution in [-0.2, 0) is 16.2 Å². The highest BCUT2D eigenvalue weighted by molar-refractivity contribution is 7.93. The van der Waals surface area contributed by atoms with Gasteiger partial charge < -0.3 is 10.2 Å². The summed E-state index contributed by atoms with van der Waals surface area (Å²) in [6, 6.07) is 4.27. The molecular weight excluding hydrogens is 373 g/mol. The standard InChI is InChI=1S/C16H15F3N2O4S/c17-16(18,19)12-3-8(2-1-7(12)5-20)21-6-11-9-4-10(14(23)13(9)22)15(11)26(21,24)25/h1-3,9-11,13-15,22-23H,4,6H2/t9-,10-,11-,13-,14+,15-/m0/s1. The number of nitriles is 1. The van der Waals surface area contributed by atoms with Crippen LogP contribution in [0.3, 0.4) is 0 Å². The molecule has 26 heavy (non-hydrogen) atoms. The van der Waals surface area contributed by atoms with Crippen LogP contribution in [0.5, 0.6) is 0 Å². The van der Waals surface area contributed by atoms with Crippen molar-refractivity contribution in [1.82, 2.24) is 0 Å². The fourth-order valence-electron chi connectivity index (χ4n) is 4.81. The van der Waals surface area contributed by atoms with Crippen LogP contribution in [0.4, 0.5) is 18.9 Å². The summed E-state index contributed by atoms with van der Waals surface area (Å²) in [5, 5.41) is 28.0. The van der Waals surface area contributed by atoms with E-state index in [2.05, 4.69) is 0 Å². The zero-order valence-corrected chi connectivity index (χ0v) is 14.1. The first-order valence-electron chi connectivity index (χ1n) is 8.06. The normalized spacial score (nSPS) is 37.6. The van der Waals surface area contributed by atoms with Crippen molar-refractivity contribution < 1.29 is 31.8 Å². The summed E-state index contributed by atoms with van der Waals surface area (Å²) in [7, 11) is -3.97. The molecule has 0 amide bonds. The molecule has 2 saturated carbocycles. The number of anilines is 1. The average molecular weight is 388 g/mol. The van der Waals surface area contributed by atoms with E-state index in [1.807, 2.05) is 0 Å². The third kappa shape index (κ3) is 2.20. The lowest BCUT2D eigenvalue weighted by Gasteiger charge is -2.30. The highest BCUT2D eigenvalue weighted by Gasteiger charge is 2.66. The molecule has 140 valence electrons. The molecule has 2 bridgehead atoms. The van der Waals surface area contributed by atoms with Crippen LogP contribution >= 0.6 is 0 Å². The maximum atomic E-state index is 13.2. The number of rotatable bonds is 1. The molecule has 2 N–H and O–H groups in total. The van der Waals surface area contributed by atoms with Crippen molar-refractivity contribution in [3.05, 3.63) is 29.3 Å². The minimum absolute atomic E-state index is 0.0405. The topological polar surface area (TPSA) is 102 Å². The number of hydrogen-bond acceptors (Lipinski definition) is 5. The van der Waals surface area contributed by atoms with Crippen LogP contribution in [0.1, 0.15) is 17.5 Å².